The zero-order chi connectivity index (χ0) is 13.9. The van der Waals surface area contributed by atoms with Crippen LogP contribution in [0.5, 0.6) is 0 Å². The second-order valence-electron chi connectivity index (χ2n) is 4.18. The van der Waals surface area contributed by atoms with Crippen LogP contribution in [0.2, 0.25) is 0 Å². The van der Waals surface area contributed by atoms with Crippen molar-refractivity contribution in [2.45, 2.75) is 26.7 Å². The second kappa shape index (κ2) is 9.39. The van der Waals surface area contributed by atoms with Gasteiger partial charge in [0.15, 0.2) is 0 Å². The lowest BCUT2D eigenvalue weighted by Gasteiger charge is -2.10. The van der Waals surface area contributed by atoms with E-state index in [0.29, 0.717) is 18.8 Å². The van der Waals surface area contributed by atoms with Crippen molar-refractivity contribution >= 4 is 11.7 Å². The normalized spacial score (nSPS) is 10.2. The summed E-state index contributed by atoms with van der Waals surface area (Å²) in [7, 11) is 0. The van der Waals surface area contributed by atoms with Gasteiger partial charge in [-0.1, -0.05) is 25.5 Å². The molecule has 0 aliphatic heterocycles. The fourth-order valence-corrected chi connectivity index (χ4v) is 1.63. The minimum absolute atomic E-state index is 0.295. The van der Waals surface area contributed by atoms with Gasteiger partial charge in [-0.15, -0.1) is 0 Å². The average molecular weight is 265 g/mol. The number of anilines is 1. The van der Waals surface area contributed by atoms with E-state index in [1.807, 2.05) is 25.1 Å². The maximum absolute atomic E-state index is 11.9. The summed E-state index contributed by atoms with van der Waals surface area (Å²) < 4.78 is 10.5. The summed E-state index contributed by atoms with van der Waals surface area (Å²) in [6.07, 6.45) is 2.15. The molecule has 1 aromatic carbocycles. The first-order valence-corrected chi connectivity index (χ1v) is 6.87. The van der Waals surface area contributed by atoms with Crippen LogP contribution in [0.15, 0.2) is 24.3 Å². The van der Waals surface area contributed by atoms with Crippen molar-refractivity contribution in [2.75, 3.05) is 31.7 Å². The molecule has 0 aromatic heterocycles. The number of rotatable bonds is 9. The Balaban J connectivity index is 2.36. The van der Waals surface area contributed by atoms with E-state index in [2.05, 4.69) is 12.2 Å². The van der Waals surface area contributed by atoms with Crippen molar-refractivity contribution in [3.8, 4) is 0 Å². The number of unbranched alkanes of at least 4 members (excludes halogenated alkanes) is 1. The molecule has 0 atom stereocenters. The zero-order valence-corrected chi connectivity index (χ0v) is 11.8. The van der Waals surface area contributed by atoms with Gasteiger partial charge in [-0.25, -0.2) is 4.79 Å². The molecule has 1 N–H and O–H groups in total. The molecule has 0 aliphatic rings. The van der Waals surface area contributed by atoms with Crippen molar-refractivity contribution in [1.82, 2.24) is 0 Å². The highest BCUT2D eigenvalue weighted by Gasteiger charge is 2.11. The van der Waals surface area contributed by atoms with Crippen molar-refractivity contribution in [2.24, 2.45) is 0 Å². The Bertz CT molecular complexity index is 379. The lowest BCUT2D eigenvalue weighted by Crippen LogP contribution is -2.13. The molecule has 0 amide bonds. The van der Waals surface area contributed by atoms with Gasteiger partial charge < -0.3 is 14.8 Å². The summed E-state index contributed by atoms with van der Waals surface area (Å²) in [5, 5.41) is 3.14. The summed E-state index contributed by atoms with van der Waals surface area (Å²) in [5.74, 6) is -0.310. The van der Waals surface area contributed by atoms with Gasteiger partial charge in [-0.05, 0) is 25.5 Å². The van der Waals surface area contributed by atoms with Gasteiger partial charge in [0.2, 0.25) is 0 Å². The predicted molar refractivity (Wildman–Crippen MR) is 76.6 cm³/mol. The lowest BCUT2D eigenvalue weighted by molar-refractivity contribution is 0.0315. The van der Waals surface area contributed by atoms with Crippen LogP contribution in [0.4, 0.5) is 5.69 Å². The van der Waals surface area contributed by atoms with E-state index in [9.17, 15) is 4.79 Å². The molecule has 1 aromatic rings. The Morgan fingerprint density at radius 1 is 1.16 bits per heavy atom. The van der Waals surface area contributed by atoms with Crippen LogP contribution in [0, 0.1) is 0 Å². The first-order valence-electron chi connectivity index (χ1n) is 6.87. The van der Waals surface area contributed by atoms with E-state index in [0.717, 1.165) is 31.7 Å². The van der Waals surface area contributed by atoms with E-state index in [1.54, 1.807) is 6.07 Å². The molecule has 4 heteroatoms. The molecule has 0 fully saturated rings. The summed E-state index contributed by atoms with van der Waals surface area (Å²) in [4.78, 5) is 11.9. The fraction of sp³-hybridized carbons (Fsp3) is 0.533. The molecule has 0 radical (unpaired) electrons. The van der Waals surface area contributed by atoms with E-state index in [4.69, 9.17) is 9.47 Å². The second-order valence-corrected chi connectivity index (χ2v) is 4.18. The van der Waals surface area contributed by atoms with Gasteiger partial charge in [-0.2, -0.15) is 0 Å². The Labute approximate surface area is 115 Å². The Kier molecular flexibility index (Phi) is 7.66. The van der Waals surface area contributed by atoms with Crippen LogP contribution in [0.1, 0.15) is 37.0 Å². The van der Waals surface area contributed by atoms with Gasteiger partial charge >= 0.3 is 5.97 Å². The number of benzene rings is 1. The predicted octanol–water partition coefficient (Wildman–Crippen LogP) is 3.09. The smallest absolute Gasteiger partial charge is 0.340 e. The van der Waals surface area contributed by atoms with Gasteiger partial charge in [0.25, 0.3) is 0 Å². The van der Waals surface area contributed by atoms with Gasteiger partial charge in [-0.3, -0.25) is 0 Å². The lowest BCUT2D eigenvalue weighted by atomic mass is 10.2. The van der Waals surface area contributed by atoms with Crippen LogP contribution in [0.25, 0.3) is 0 Å². The van der Waals surface area contributed by atoms with Crippen LogP contribution >= 0.6 is 0 Å². The van der Waals surface area contributed by atoms with E-state index in [1.165, 1.54) is 0 Å². The maximum Gasteiger partial charge on any atom is 0.340 e. The van der Waals surface area contributed by atoms with Crippen LogP contribution in [-0.2, 0) is 9.47 Å². The van der Waals surface area contributed by atoms with E-state index < -0.39 is 0 Å². The fourth-order valence-electron chi connectivity index (χ4n) is 1.63. The Morgan fingerprint density at radius 3 is 2.68 bits per heavy atom. The number of ether oxygens (including phenoxy) is 2. The average Bonchev–Trinajstić information content (AvgIpc) is 2.43. The first-order chi connectivity index (χ1) is 9.29. The summed E-state index contributed by atoms with van der Waals surface area (Å²) in [6, 6.07) is 7.36. The molecular weight excluding hydrogens is 242 g/mol. The van der Waals surface area contributed by atoms with E-state index in [-0.39, 0.29) is 5.97 Å². The first kappa shape index (κ1) is 15.5. The summed E-state index contributed by atoms with van der Waals surface area (Å²) >= 11 is 0. The molecule has 0 aliphatic carbocycles. The molecule has 0 unspecified atom stereocenters. The summed E-state index contributed by atoms with van der Waals surface area (Å²) in [6.45, 7) is 6.34. The van der Waals surface area contributed by atoms with Crippen LogP contribution in [-0.4, -0.2) is 32.3 Å². The van der Waals surface area contributed by atoms with E-state index >= 15 is 0 Å². The minimum atomic E-state index is -0.310. The van der Waals surface area contributed by atoms with Crippen LogP contribution < -0.4 is 5.32 Å². The number of carbonyl (C=O) groups excluding carboxylic acids is 1. The van der Waals surface area contributed by atoms with Crippen molar-refractivity contribution in [3.63, 3.8) is 0 Å². The quantitative estimate of drug-likeness (QED) is 0.550. The number of nitrogens with one attached hydrogen (secondary N) is 1. The van der Waals surface area contributed by atoms with Crippen molar-refractivity contribution < 1.29 is 14.3 Å². The Morgan fingerprint density at radius 2 is 1.95 bits per heavy atom. The third kappa shape index (κ3) is 5.75. The molecule has 19 heavy (non-hydrogen) atoms. The van der Waals surface area contributed by atoms with Crippen molar-refractivity contribution in [1.29, 1.82) is 0 Å². The third-order valence-corrected chi connectivity index (χ3v) is 2.62. The highest BCUT2D eigenvalue weighted by molar-refractivity contribution is 5.95. The third-order valence-electron chi connectivity index (χ3n) is 2.62. The number of hydrogen-bond acceptors (Lipinski definition) is 4. The SMILES string of the molecule is CCCCOCCOC(=O)c1ccccc1NCC. The molecule has 106 valence electrons. The van der Waals surface area contributed by atoms with Gasteiger partial charge in [0, 0.05) is 18.8 Å². The van der Waals surface area contributed by atoms with Crippen molar-refractivity contribution in [3.05, 3.63) is 29.8 Å². The summed E-state index contributed by atoms with van der Waals surface area (Å²) in [5.41, 5.74) is 1.37. The number of para-hydroxylation sites is 1. The molecule has 4 nitrogen and oxygen atoms in total. The molecule has 0 saturated carbocycles. The van der Waals surface area contributed by atoms with Gasteiger partial charge in [0.05, 0.1) is 12.2 Å². The molecular formula is C15H23NO3. The monoisotopic (exact) mass is 265 g/mol. The molecule has 0 saturated heterocycles. The Hall–Kier alpha value is -1.55. The highest BCUT2D eigenvalue weighted by atomic mass is 16.6. The number of hydrogen-bond donors (Lipinski definition) is 1. The molecule has 0 bridgehead atoms. The topological polar surface area (TPSA) is 47.6 Å². The minimum Gasteiger partial charge on any atom is -0.460 e. The maximum atomic E-state index is 11.9. The van der Waals surface area contributed by atoms with Gasteiger partial charge in [0.1, 0.15) is 6.61 Å². The van der Waals surface area contributed by atoms with Crippen LogP contribution in [0.3, 0.4) is 0 Å². The zero-order valence-electron chi connectivity index (χ0n) is 11.8. The standard InChI is InChI=1S/C15H23NO3/c1-3-5-10-18-11-12-19-15(17)13-8-6-7-9-14(13)16-4-2/h6-9,16H,3-5,10-12H2,1-2H3. The highest BCUT2D eigenvalue weighted by Crippen LogP contribution is 2.15. The number of esters is 1. The number of carbonyl (C=O) groups is 1. The molecule has 0 spiro atoms. The molecule has 1 rings (SSSR count). The molecule has 0 heterocycles. The largest absolute Gasteiger partial charge is 0.460 e.